The van der Waals surface area contributed by atoms with Crippen LogP contribution in [0.5, 0.6) is 0 Å². The molecule has 1 heterocycles. The second kappa shape index (κ2) is 9.45. The molecular weight excluding hydrogens is 375 g/mol. The third kappa shape index (κ3) is 5.19. The van der Waals surface area contributed by atoms with E-state index in [2.05, 4.69) is 15.9 Å². The number of ether oxygens (including phenoxy) is 1. The fourth-order valence-electron chi connectivity index (χ4n) is 2.39. The fraction of sp³-hybridized carbons (Fsp3) is 0.533. The molecule has 1 saturated heterocycles. The van der Waals surface area contributed by atoms with Crippen molar-refractivity contribution >= 4 is 34.2 Å². The monoisotopic (exact) mass is 394 g/mol. The Morgan fingerprint density at radius 2 is 2.09 bits per heavy atom. The summed E-state index contributed by atoms with van der Waals surface area (Å²) in [6.45, 7) is 2.48. The number of amides is 1. The molecule has 1 fully saturated rings. The molecule has 1 aromatic rings. The van der Waals surface area contributed by atoms with Crippen LogP contribution >= 0.6 is 28.3 Å². The minimum atomic E-state index is -0.482. The summed E-state index contributed by atoms with van der Waals surface area (Å²) in [7, 11) is 0. The van der Waals surface area contributed by atoms with Crippen LogP contribution in [0.2, 0.25) is 0 Å². The summed E-state index contributed by atoms with van der Waals surface area (Å²) in [4.78, 5) is 14.0. The van der Waals surface area contributed by atoms with Crippen molar-refractivity contribution in [2.45, 2.75) is 25.4 Å². The Morgan fingerprint density at radius 3 is 2.73 bits per heavy atom. The summed E-state index contributed by atoms with van der Waals surface area (Å²) in [6, 6.07) is 4.42. The van der Waals surface area contributed by atoms with Crippen molar-refractivity contribution in [1.82, 2.24) is 4.90 Å². The highest BCUT2D eigenvalue weighted by Crippen LogP contribution is 2.20. The van der Waals surface area contributed by atoms with Crippen LogP contribution in [-0.4, -0.2) is 43.2 Å². The van der Waals surface area contributed by atoms with Gasteiger partial charge < -0.3 is 15.4 Å². The van der Waals surface area contributed by atoms with Crippen molar-refractivity contribution in [2.24, 2.45) is 5.73 Å². The molecule has 0 unspecified atom stereocenters. The Hall–Kier alpha value is -0.690. The summed E-state index contributed by atoms with van der Waals surface area (Å²) in [5.74, 6) is -0.737. The number of likely N-dealkylation sites (tertiary alicyclic amines) is 1. The number of halogens is 3. The lowest BCUT2D eigenvalue weighted by molar-refractivity contribution is 0.00833. The predicted molar refractivity (Wildman–Crippen MR) is 89.9 cm³/mol. The molecule has 1 amide bonds. The molecule has 4 nitrogen and oxygen atoms in total. The highest BCUT2D eigenvalue weighted by atomic mass is 79.9. The van der Waals surface area contributed by atoms with Crippen molar-refractivity contribution in [1.29, 1.82) is 0 Å². The SMILES string of the molecule is Cl.NCCCOC1CCN(C(=O)c2cc(Br)ccc2F)CC1. The lowest BCUT2D eigenvalue weighted by atomic mass is 10.1. The summed E-state index contributed by atoms with van der Waals surface area (Å²) in [5.41, 5.74) is 5.54. The van der Waals surface area contributed by atoms with Crippen LogP contribution in [0.3, 0.4) is 0 Å². The number of carbonyl (C=O) groups excluding carboxylic acids is 1. The average molecular weight is 396 g/mol. The highest BCUT2D eigenvalue weighted by Gasteiger charge is 2.25. The van der Waals surface area contributed by atoms with Gasteiger partial charge in [0.05, 0.1) is 11.7 Å². The predicted octanol–water partition coefficient (Wildman–Crippen LogP) is 2.98. The van der Waals surface area contributed by atoms with E-state index in [9.17, 15) is 9.18 Å². The van der Waals surface area contributed by atoms with Gasteiger partial charge in [0.15, 0.2) is 0 Å². The normalized spacial score (nSPS) is 15.5. The van der Waals surface area contributed by atoms with Crippen molar-refractivity contribution < 1.29 is 13.9 Å². The van der Waals surface area contributed by atoms with Gasteiger partial charge in [-0.3, -0.25) is 4.79 Å². The topological polar surface area (TPSA) is 55.6 Å². The number of benzene rings is 1. The molecule has 1 aromatic carbocycles. The maximum Gasteiger partial charge on any atom is 0.256 e. The van der Waals surface area contributed by atoms with E-state index in [-0.39, 0.29) is 30.0 Å². The van der Waals surface area contributed by atoms with E-state index >= 15 is 0 Å². The van der Waals surface area contributed by atoms with Gasteiger partial charge in [-0.2, -0.15) is 0 Å². The van der Waals surface area contributed by atoms with Gasteiger partial charge >= 0.3 is 0 Å². The molecule has 0 saturated carbocycles. The van der Waals surface area contributed by atoms with E-state index in [1.165, 1.54) is 12.1 Å². The Morgan fingerprint density at radius 1 is 1.41 bits per heavy atom. The number of rotatable bonds is 5. The molecule has 22 heavy (non-hydrogen) atoms. The molecule has 0 bridgehead atoms. The van der Waals surface area contributed by atoms with Crippen molar-refractivity contribution in [3.8, 4) is 0 Å². The first-order valence-electron chi connectivity index (χ1n) is 7.18. The number of piperidine rings is 1. The van der Waals surface area contributed by atoms with Crippen molar-refractivity contribution in [2.75, 3.05) is 26.2 Å². The minimum Gasteiger partial charge on any atom is -0.378 e. The second-order valence-corrected chi connectivity index (χ2v) is 6.04. The third-order valence-corrected chi connectivity index (χ3v) is 4.08. The first-order chi connectivity index (χ1) is 10.1. The molecular formula is C15H21BrClFN2O2. The zero-order valence-corrected chi connectivity index (χ0v) is 14.7. The molecule has 0 spiro atoms. The van der Waals surface area contributed by atoms with E-state index < -0.39 is 5.82 Å². The molecule has 2 rings (SSSR count). The standard InChI is InChI=1S/C15H20BrFN2O2.ClH/c16-11-2-3-14(17)13(10-11)15(20)19-7-4-12(5-8-19)21-9-1-6-18;/h2-3,10,12H,1,4-9,18H2;1H. The Bertz CT molecular complexity index is 496. The van der Waals surface area contributed by atoms with E-state index in [1.54, 1.807) is 11.0 Å². The van der Waals surface area contributed by atoms with Crippen LogP contribution in [-0.2, 0) is 4.74 Å². The van der Waals surface area contributed by atoms with Crippen LogP contribution < -0.4 is 5.73 Å². The van der Waals surface area contributed by atoms with Crippen LogP contribution in [0.25, 0.3) is 0 Å². The number of nitrogens with zero attached hydrogens (tertiary/aromatic N) is 1. The van der Waals surface area contributed by atoms with Gasteiger partial charge in [0.25, 0.3) is 5.91 Å². The van der Waals surface area contributed by atoms with Crippen LogP contribution in [0, 0.1) is 5.82 Å². The minimum absolute atomic E-state index is 0. The number of hydrogen-bond acceptors (Lipinski definition) is 3. The first-order valence-corrected chi connectivity index (χ1v) is 7.97. The van der Waals surface area contributed by atoms with Gasteiger partial charge in [0, 0.05) is 24.2 Å². The Labute approximate surface area is 144 Å². The van der Waals surface area contributed by atoms with Crippen molar-refractivity contribution in [3.63, 3.8) is 0 Å². The number of hydrogen-bond donors (Lipinski definition) is 1. The number of carbonyl (C=O) groups is 1. The van der Waals surface area contributed by atoms with Gasteiger partial charge in [0.2, 0.25) is 0 Å². The van der Waals surface area contributed by atoms with Crippen LogP contribution in [0.1, 0.15) is 29.6 Å². The van der Waals surface area contributed by atoms with Gasteiger partial charge in [-0.15, -0.1) is 12.4 Å². The largest absolute Gasteiger partial charge is 0.378 e. The summed E-state index contributed by atoms with van der Waals surface area (Å²) < 4.78 is 20.2. The summed E-state index contributed by atoms with van der Waals surface area (Å²) in [5, 5.41) is 0. The van der Waals surface area contributed by atoms with Gasteiger partial charge in [0.1, 0.15) is 5.82 Å². The molecule has 0 atom stereocenters. The fourth-order valence-corrected chi connectivity index (χ4v) is 2.75. The van der Waals surface area contributed by atoms with E-state index in [0.29, 0.717) is 30.7 Å². The molecule has 124 valence electrons. The Kier molecular flexibility index (Phi) is 8.31. The van der Waals surface area contributed by atoms with E-state index in [1.807, 2.05) is 0 Å². The zero-order chi connectivity index (χ0) is 15.2. The highest BCUT2D eigenvalue weighted by molar-refractivity contribution is 9.10. The van der Waals surface area contributed by atoms with Crippen LogP contribution in [0.15, 0.2) is 22.7 Å². The molecule has 0 radical (unpaired) electrons. The molecule has 1 aliphatic rings. The van der Waals surface area contributed by atoms with Gasteiger partial charge in [-0.25, -0.2) is 4.39 Å². The number of nitrogens with two attached hydrogens (primary N) is 1. The zero-order valence-electron chi connectivity index (χ0n) is 12.3. The Balaban J connectivity index is 0.00000242. The summed E-state index contributed by atoms with van der Waals surface area (Å²) >= 11 is 3.27. The maximum absolute atomic E-state index is 13.8. The third-order valence-electron chi connectivity index (χ3n) is 3.59. The molecule has 1 aliphatic heterocycles. The molecule has 0 aliphatic carbocycles. The van der Waals surface area contributed by atoms with E-state index in [4.69, 9.17) is 10.5 Å². The van der Waals surface area contributed by atoms with E-state index in [0.717, 1.165) is 19.3 Å². The van der Waals surface area contributed by atoms with Gasteiger partial charge in [-0.1, -0.05) is 15.9 Å². The molecule has 2 N–H and O–H groups in total. The molecule has 0 aromatic heterocycles. The first kappa shape index (κ1) is 19.4. The smallest absolute Gasteiger partial charge is 0.256 e. The van der Waals surface area contributed by atoms with Crippen molar-refractivity contribution in [3.05, 3.63) is 34.1 Å². The molecule has 7 heteroatoms. The lowest BCUT2D eigenvalue weighted by Gasteiger charge is -2.32. The van der Waals surface area contributed by atoms with Gasteiger partial charge in [-0.05, 0) is 44.0 Å². The second-order valence-electron chi connectivity index (χ2n) is 5.13. The lowest BCUT2D eigenvalue weighted by Crippen LogP contribution is -2.41. The maximum atomic E-state index is 13.8. The average Bonchev–Trinajstić information content (AvgIpc) is 2.50. The quantitative estimate of drug-likeness (QED) is 0.780. The summed E-state index contributed by atoms with van der Waals surface area (Å²) in [6.07, 6.45) is 2.59. The van der Waals surface area contributed by atoms with Crippen LogP contribution in [0.4, 0.5) is 4.39 Å².